The van der Waals surface area contributed by atoms with Gasteiger partial charge >= 0.3 is 0 Å². The summed E-state index contributed by atoms with van der Waals surface area (Å²) in [7, 11) is 0. The molecule has 1 aromatic carbocycles. The van der Waals surface area contributed by atoms with Gasteiger partial charge in [-0.2, -0.15) is 0 Å². The number of hydrogen-bond acceptors (Lipinski definition) is 2. The highest BCUT2D eigenvalue weighted by atomic mass is 32.2. The number of thioether (sulfide) groups is 1. The summed E-state index contributed by atoms with van der Waals surface area (Å²) in [5.74, 6) is 0.893. The normalized spacial score (nSPS) is 16.1. The van der Waals surface area contributed by atoms with Crippen molar-refractivity contribution >= 4 is 11.8 Å². The Bertz CT molecular complexity index is 268. The van der Waals surface area contributed by atoms with E-state index in [0.717, 1.165) is 5.75 Å². The molecule has 1 radical (unpaired) electrons. The van der Waals surface area contributed by atoms with Gasteiger partial charge in [-0.3, -0.25) is 0 Å². The van der Waals surface area contributed by atoms with E-state index < -0.39 is 0 Å². The SMILES string of the molecule is CSc1cc[c]c(OC2CC2)c1. The van der Waals surface area contributed by atoms with Crippen LogP contribution in [-0.4, -0.2) is 12.4 Å². The Morgan fingerprint density at radius 2 is 2.42 bits per heavy atom. The van der Waals surface area contributed by atoms with Crippen molar-refractivity contribution in [3.63, 3.8) is 0 Å². The maximum absolute atomic E-state index is 5.60. The average Bonchev–Trinajstić information content (AvgIpc) is 2.89. The van der Waals surface area contributed by atoms with Gasteiger partial charge in [0, 0.05) is 11.0 Å². The lowest BCUT2D eigenvalue weighted by Gasteiger charge is -2.04. The van der Waals surface area contributed by atoms with Crippen molar-refractivity contribution in [2.75, 3.05) is 6.26 Å². The molecule has 0 bridgehead atoms. The molecular weight excluding hydrogens is 168 g/mol. The Morgan fingerprint density at radius 3 is 3.08 bits per heavy atom. The fraction of sp³-hybridized carbons (Fsp3) is 0.400. The van der Waals surface area contributed by atoms with Gasteiger partial charge in [-0.15, -0.1) is 11.8 Å². The van der Waals surface area contributed by atoms with Crippen LogP contribution in [0.5, 0.6) is 5.75 Å². The maximum Gasteiger partial charge on any atom is 0.128 e. The fourth-order valence-corrected chi connectivity index (χ4v) is 1.41. The van der Waals surface area contributed by atoms with Crippen molar-refractivity contribution < 1.29 is 4.74 Å². The van der Waals surface area contributed by atoms with Crippen molar-refractivity contribution in [3.05, 3.63) is 24.3 Å². The molecule has 63 valence electrons. The van der Waals surface area contributed by atoms with Crippen LogP contribution in [0, 0.1) is 6.07 Å². The molecule has 12 heavy (non-hydrogen) atoms. The van der Waals surface area contributed by atoms with E-state index in [4.69, 9.17) is 4.74 Å². The van der Waals surface area contributed by atoms with E-state index in [1.54, 1.807) is 11.8 Å². The Morgan fingerprint density at radius 1 is 1.58 bits per heavy atom. The second kappa shape index (κ2) is 3.40. The highest BCUT2D eigenvalue weighted by Gasteiger charge is 2.23. The largest absolute Gasteiger partial charge is 0.490 e. The predicted octanol–water partition coefficient (Wildman–Crippen LogP) is 2.75. The third kappa shape index (κ3) is 1.95. The molecular formula is C10H11OS. The van der Waals surface area contributed by atoms with Crippen LogP contribution in [0.4, 0.5) is 0 Å². The van der Waals surface area contributed by atoms with Crippen LogP contribution in [0.3, 0.4) is 0 Å². The summed E-state index contributed by atoms with van der Waals surface area (Å²) in [5, 5.41) is 0. The number of hydrogen-bond donors (Lipinski definition) is 0. The first kappa shape index (κ1) is 7.99. The van der Waals surface area contributed by atoms with Crippen LogP contribution in [0.25, 0.3) is 0 Å². The molecule has 1 fully saturated rings. The van der Waals surface area contributed by atoms with E-state index in [1.807, 2.05) is 18.2 Å². The van der Waals surface area contributed by atoms with Crippen molar-refractivity contribution in [1.82, 2.24) is 0 Å². The van der Waals surface area contributed by atoms with E-state index in [9.17, 15) is 0 Å². The summed E-state index contributed by atoms with van der Waals surface area (Å²) in [6.45, 7) is 0. The van der Waals surface area contributed by atoms with Crippen molar-refractivity contribution in [3.8, 4) is 5.75 Å². The molecule has 0 heterocycles. The standard InChI is InChI=1S/C10H11OS/c1-12-10-4-2-3-9(7-10)11-8-5-6-8/h2,4,7-8H,5-6H2,1H3. The zero-order valence-corrected chi connectivity index (χ0v) is 7.86. The molecule has 1 nitrogen and oxygen atoms in total. The molecule has 0 N–H and O–H groups in total. The lowest BCUT2D eigenvalue weighted by molar-refractivity contribution is 0.302. The van der Waals surface area contributed by atoms with Crippen LogP contribution in [-0.2, 0) is 0 Å². The van der Waals surface area contributed by atoms with Gasteiger partial charge in [0.2, 0.25) is 0 Å². The molecule has 2 rings (SSSR count). The average molecular weight is 179 g/mol. The van der Waals surface area contributed by atoms with Gasteiger partial charge in [-0.05, 0) is 37.3 Å². The molecule has 0 saturated heterocycles. The van der Waals surface area contributed by atoms with E-state index >= 15 is 0 Å². The van der Waals surface area contributed by atoms with Crippen molar-refractivity contribution in [2.45, 2.75) is 23.8 Å². The van der Waals surface area contributed by atoms with Gasteiger partial charge in [0.25, 0.3) is 0 Å². The lowest BCUT2D eigenvalue weighted by atomic mass is 10.3. The van der Waals surface area contributed by atoms with Gasteiger partial charge in [0.15, 0.2) is 0 Å². The lowest BCUT2D eigenvalue weighted by Crippen LogP contribution is -1.95. The minimum absolute atomic E-state index is 0.471. The quantitative estimate of drug-likeness (QED) is 0.660. The molecule has 1 aromatic rings. The molecule has 0 unspecified atom stereocenters. The molecule has 0 aliphatic heterocycles. The molecule has 0 amide bonds. The number of ether oxygens (including phenoxy) is 1. The molecule has 0 spiro atoms. The van der Waals surface area contributed by atoms with E-state index in [1.165, 1.54) is 17.7 Å². The molecule has 1 aliphatic carbocycles. The molecule has 0 aromatic heterocycles. The van der Waals surface area contributed by atoms with Gasteiger partial charge in [-0.1, -0.05) is 0 Å². The minimum atomic E-state index is 0.471. The predicted molar refractivity (Wildman–Crippen MR) is 50.7 cm³/mol. The second-order valence-electron chi connectivity index (χ2n) is 2.91. The van der Waals surface area contributed by atoms with Crippen LogP contribution >= 0.6 is 11.8 Å². The van der Waals surface area contributed by atoms with Gasteiger partial charge in [0.1, 0.15) is 5.75 Å². The molecule has 2 heteroatoms. The summed E-state index contributed by atoms with van der Waals surface area (Å²) in [6.07, 6.45) is 4.95. The zero-order valence-electron chi connectivity index (χ0n) is 7.04. The van der Waals surface area contributed by atoms with E-state index in [2.05, 4.69) is 12.3 Å². The molecule has 1 aliphatic rings. The Labute approximate surface area is 77.1 Å². The highest BCUT2D eigenvalue weighted by molar-refractivity contribution is 7.98. The monoisotopic (exact) mass is 179 g/mol. The summed E-state index contributed by atoms with van der Waals surface area (Å²) < 4.78 is 5.60. The maximum atomic E-state index is 5.60. The Hall–Kier alpha value is -0.630. The van der Waals surface area contributed by atoms with E-state index in [0.29, 0.717) is 6.10 Å². The van der Waals surface area contributed by atoms with Crippen molar-refractivity contribution in [2.24, 2.45) is 0 Å². The number of rotatable bonds is 3. The summed E-state index contributed by atoms with van der Waals surface area (Å²) >= 11 is 1.73. The van der Waals surface area contributed by atoms with Crippen molar-refractivity contribution in [1.29, 1.82) is 0 Å². The van der Waals surface area contributed by atoms with Gasteiger partial charge < -0.3 is 4.74 Å². The summed E-state index contributed by atoms with van der Waals surface area (Å²) in [4.78, 5) is 1.24. The first-order chi connectivity index (χ1) is 5.88. The molecule has 1 saturated carbocycles. The molecule has 0 atom stereocenters. The van der Waals surface area contributed by atoms with E-state index in [-0.39, 0.29) is 0 Å². The Kier molecular flexibility index (Phi) is 2.26. The van der Waals surface area contributed by atoms with Gasteiger partial charge in [-0.25, -0.2) is 0 Å². The second-order valence-corrected chi connectivity index (χ2v) is 3.79. The number of benzene rings is 1. The van der Waals surface area contributed by atoms with Crippen LogP contribution in [0.15, 0.2) is 23.1 Å². The highest BCUT2D eigenvalue weighted by Crippen LogP contribution is 2.28. The Balaban J connectivity index is 2.08. The third-order valence-electron chi connectivity index (χ3n) is 1.80. The van der Waals surface area contributed by atoms with Crippen LogP contribution < -0.4 is 4.74 Å². The first-order valence-electron chi connectivity index (χ1n) is 4.11. The zero-order chi connectivity index (χ0) is 8.39. The third-order valence-corrected chi connectivity index (χ3v) is 2.53. The van der Waals surface area contributed by atoms with Gasteiger partial charge in [0.05, 0.1) is 6.10 Å². The summed E-state index contributed by atoms with van der Waals surface area (Å²) in [6, 6.07) is 9.09. The van der Waals surface area contributed by atoms with Crippen LogP contribution in [0.2, 0.25) is 0 Å². The smallest absolute Gasteiger partial charge is 0.128 e. The topological polar surface area (TPSA) is 9.23 Å². The van der Waals surface area contributed by atoms with Crippen LogP contribution in [0.1, 0.15) is 12.8 Å². The first-order valence-corrected chi connectivity index (χ1v) is 5.33. The summed E-state index contributed by atoms with van der Waals surface area (Å²) in [5.41, 5.74) is 0. The minimum Gasteiger partial charge on any atom is -0.490 e. The fourth-order valence-electron chi connectivity index (χ4n) is 0.985.